The molecule has 1 aliphatic rings. The number of amides is 1. The molecule has 0 aromatic carbocycles. The summed E-state index contributed by atoms with van der Waals surface area (Å²) in [5.41, 5.74) is 1.05. The Hall–Kier alpha value is -1.81. The maximum atomic E-state index is 12.0. The summed E-state index contributed by atoms with van der Waals surface area (Å²) in [6.45, 7) is 0.724. The second-order valence-corrected chi connectivity index (χ2v) is 6.52. The van der Waals surface area contributed by atoms with Gasteiger partial charge >= 0.3 is 0 Å². The highest BCUT2D eigenvalue weighted by Crippen LogP contribution is 2.42. The number of nitrogens with one attached hydrogen (secondary N) is 1. The van der Waals surface area contributed by atoms with Crippen molar-refractivity contribution in [1.82, 2.24) is 5.32 Å². The largest absolute Gasteiger partial charge is 0.472 e. The molecular weight excluding hydrogens is 282 g/mol. The maximum absolute atomic E-state index is 12.0. The van der Waals surface area contributed by atoms with Gasteiger partial charge in [0.2, 0.25) is 5.91 Å². The van der Waals surface area contributed by atoms with Crippen LogP contribution in [0.25, 0.3) is 6.08 Å². The van der Waals surface area contributed by atoms with Crippen molar-refractivity contribution in [3.8, 4) is 0 Å². The number of furan rings is 1. The van der Waals surface area contributed by atoms with E-state index in [-0.39, 0.29) is 11.3 Å². The van der Waals surface area contributed by atoms with Gasteiger partial charge in [0.05, 0.1) is 12.5 Å². The normalized spacial score (nSPS) is 17.3. The van der Waals surface area contributed by atoms with Gasteiger partial charge in [-0.2, -0.15) is 0 Å². The minimum Gasteiger partial charge on any atom is -0.472 e. The first-order valence-corrected chi connectivity index (χ1v) is 8.19. The lowest BCUT2D eigenvalue weighted by atomic mass is 9.84. The fourth-order valence-corrected chi connectivity index (χ4v) is 3.99. The highest BCUT2D eigenvalue weighted by molar-refractivity contribution is 7.10. The van der Waals surface area contributed by atoms with Gasteiger partial charge in [0.1, 0.15) is 0 Å². The molecule has 0 atom stereocenters. The summed E-state index contributed by atoms with van der Waals surface area (Å²) in [5, 5.41) is 5.19. The van der Waals surface area contributed by atoms with E-state index >= 15 is 0 Å². The Morgan fingerprint density at radius 2 is 2.24 bits per heavy atom. The summed E-state index contributed by atoms with van der Waals surface area (Å²) in [7, 11) is 0. The van der Waals surface area contributed by atoms with Gasteiger partial charge in [-0.25, -0.2) is 0 Å². The predicted molar refractivity (Wildman–Crippen MR) is 85.2 cm³/mol. The number of rotatable bonds is 5. The SMILES string of the molecule is O=C(C=Cc1ccoc1)NCC1(c2cccs2)CCCC1. The molecule has 0 spiro atoms. The molecule has 0 bridgehead atoms. The summed E-state index contributed by atoms with van der Waals surface area (Å²) >= 11 is 1.80. The molecule has 2 aromatic heterocycles. The molecule has 21 heavy (non-hydrogen) atoms. The van der Waals surface area contributed by atoms with Gasteiger partial charge in [-0.1, -0.05) is 18.9 Å². The molecule has 110 valence electrons. The lowest BCUT2D eigenvalue weighted by Crippen LogP contribution is -2.37. The molecule has 0 radical (unpaired) electrons. The quantitative estimate of drug-likeness (QED) is 0.849. The Balaban J connectivity index is 1.61. The second-order valence-electron chi connectivity index (χ2n) is 5.57. The molecule has 4 heteroatoms. The zero-order valence-corrected chi connectivity index (χ0v) is 12.7. The average molecular weight is 301 g/mol. The van der Waals surface area contributed by atoms with Crippen molar-refractivity contribution in [3.63, 3.8) is 0 Å². The Kier molecular flexibility index (Phi) is 4.25. The van der Waals surface area contributed by atoms with E-state index in [1.165, 1.54) is 30.6 Å². The number of thiophene rings is 1. The van der Waals surface area contributed by atoms with Crippen molar-refractivity contribution < 1.29 is 9.21 Å². The molecule has 0 aliphatic heterocycles. The Morgan fingerprint density at radius 1 is 1.38 bits per heavy atom. The van der Waals surface area contributed by atoms with Crippen molar-refractivity contribution in [2.75, 3.05) is 6.54 Å². The fourth-order valence-electron chi connectivity index (χ4n) is 3.00. The highest BCUT2D eigenvalue weighted by Gasteiger charge is 2.36. The van der Waals surface area contributed by atoms with Crippen LogP contribution in [0.1, 0.15) is 36.1 Å². The molecule has 3 nitrogen and oxygen atoms in total. The van der Waals surface area contributed by atoms with E-state index in [1.54, 1.807) is 36.0 Å². The van der Waals surface area contributed by atoms with E-state index < -0.39 is 0 Å². The Morgan fingerprint density at radius 3 is 2.90 bits per heavy atom. The lowest BCUT2D eigenvalue weighted by molar-refractivity contribution is -0.116. The van der Waals surface area contributed by atoms with Crippen LogP contribution in [0.3, 0.4) is 0 Å². The Bertz CT molecular complexity index is 593. The van der Waals surface area contributed by atoms with E-state index in [1.807, 2.05) is 6.07 Å². The molecule has 1 aliphatic carbocycles. The molecular formula is C17H19NO2S. The molecule has 1 fully saturated rings. The third kappa shape index (κ3) is 3.27. The van der Waals surface area contributed by atoms with Crippen LogP contribution < -0.4 is 5.32 Å². The lowest BCUT2D eigenvalue weighted by Gasteiger charge is -2.28. The van der Waals surface area contributed by atoms with E-state index in [2.05, 4.69) is 22.8 Å². The van der Waals surface area contributed by atoms with Crippen LogP contribution >= 0.6 is 11.3 Å². The second kappa shape index (κ2) is 6.31. The third-order valence-electron chi connectivity index (χ3n) is 4.18. The summed E-state index contributed by atoms with van der Waals surface area (Å²) in [5.74, 6) is -0.0426. The molecule has 3 rings (SSSR count). The van der Waals surface area contributed by atoms with Gasteiger partial charge in [0.25, 0.3) is 0 Å². The summed E-state index contributed by atoms with van der Waals surface area (Å²) in [6.07, 6.45) is 11.4. The average Bonchev–Trinajstić information content (AvgIpc) is 3.25. The minimum absolute atomic E-state index is 0.0426. The van der Waals surface area contributed by atoms with Crippen LogP contribution in [0.2, 0.25) is 0 Å². The summed E-state index contributed by atoms with van der Waals surface area (Å²) in [4.78, 5) is 13.4. The van der Waals surface area contributed by atoms with Crippen LogP contribution in [-0.4, -0.2) is 12.5 Å². The number of carbonyl (C=O) groups is 1. The van der Waals surface area contributed by atoms with E-state index in [4.69, 9.17) is 4.42 Å². The number of hydrogen-bond acceptors (Lipinski definition) is 3. The molecule has 0 saturated heterocycles. The third-order valence-corrected chi connectivity index (χ3v) is 5.29. The molecule has 0 unspecified atom stereocenters. The van der Waals surface area contributed by atoms with E-state index in [0.29, 0.717) is 0 Å². The van der Waals surface area contributed by atoms with Gasteiger partial charge in [0.15, 0.2) is 0 Å². The molecule has 1 amide bonds. The van der Waals surface area contributed by atoms with E-state index in [9.17, 15) is 4.79 Å². The van der Waals surface area contributed by atoms with Crippen LogP contribution in [-0.2, 0) is 10.2 Å². The predicted octanol–water partition coefficient (Wildman–Crippen LogP) is 3.98. The standard InChI is InChI=1S/C17H19NO2S/c19-16(6-5-14-7-10-20-12-14)18-13-17(8-1-2-9-17)15-4-3-11-21-15/h3-7,10-12H,1-2,8-9,13H2,(H,18,19). The van der Waals surface area contributed by atoms with Crippen LogP contribution in [0.4, 0.5) is 0 Å². The first-order valence-electron chi connectivity index (χ1n) is 7.31. The maximum Gasteiger partial charge on any atom is 0.244 e. The molecule has 1 N–H and O–H groups in total. The highest BCUT2D eigenvalue weighted by atomic mass is 32.1. The fraction of sp³-hybridized carbons (Fsp3) is 0.353. The van der Waals surface area contributed by atoms with Gasteiger partial charge in [0, 0.05) is 28.5 Å². The van der Waals surface area contributed by atoms with Gasteiger partial charge < -0.3 is 9.73 Å². The van der Waals surface area contributed by atoms with Gasteiger partial charge in [-0.05, 0) is 36.4 Å². The monoisotopic (exact) mass is 301 g/mol. The van der Waals surface area contributed by atoms with Gasteiger partial charge in [-0.3, -0.25) is 4.79 Å². The van der Waals surface area contributed by atoms with Crippen LogP contribution in [0.15, 0.2) is 46.6 Å². The topological polar surface area (TPSA) is 42.2 Å². The summed E-state index contributed by atoms with van der Waals surface area (Å²) < 4.78 is 4.97. The minimum atomic E-state index is -0.0426. The zero-order valence-electron chi connectivity index (χ0n) is 11.9. The van der Waals surface area contributed by atoms with Crippen molar-refractivity contribution in [2.24, 2.45) is 0 Å². The molecule has 2 aromatic rings. The molecule has 1 saturated carbocycles. The number of hydrogen-bond donors (Lipinski definition) is 1. The first kappa shape index (κ1) is 14.1. The van der Waals surface area contributed by atoms with Crippen molar-refractivity contribution in [3.05, 3.63) is 52.6 Å². The summed E-state index contributed by atoms with van der Waals surface area (Å²) in [6, 6.07) is 6.12. The van der Waals surface area contributed by atoms with E-state index in [0.717, 1.165) is 12.1 Å². The Labute approximate surface area is 128 Å². The van der Waals surface area contributed by atoms with Gasteiger partial charge in [-0.15, -0.1) is 11.3 Å². The van der Waals surface area contributed by atoms with Crippen molar-refractivity contribution >= 4 is 23.3 Å². The van der Waals surface area contributed by atoms with Crippen LogP contribution in [0.5, 0.6) is 0 Å². The smallest absolute Gasteiger partial charge is 0.244 e. The van der Waals surface area contributed by atoms with Crippen LogP contribution in [0, 0.1) is 0 Å². The van der Waals surface area contributed by atoms with Crippen molar-refractivity contribution in [2.45, 2.75) is 31.1 Å². The first-order chi connectivity index (χ1) is 10.3. The number of carbonyl (C=O) groups excluding carboxylic acids is 1. The zero-order chi connectivity index (χ0) is 14.5. The molecule has 2 heterocycles. The van der Waals surface area contributed by atoms with Crippen molar-refractivity contribution in [1.29, 1.82) is 0 Å².